The Bertz CT molecular complexity index is 485. The van der Waals surface area contributed by atoms with E-state index in [4.69, 9.17) is 11.6 Å². The number of carbonyl (C=O) groups excluding carboxylic acids is 1. The fourth-order valence-electron chi connectivity index (χ4n) is 2.58. The number of nitrogens with one attached hydrogen (secondary N) is 1. The van der Waals surface area contributed by atoms with E-state index in [1.165, 1.54) is 0 Å². The van der Waals surface area contributed by atoms with Crippen molar-refractivity contribution in [3.05, 3.63) is 29.3 Å². The summed E-state index contributed by atoms with van der Waals surface area (Å²) in [6.45, 7) is 9.01. The molecule has 0 spiro atoms. The largest absolute Gasteiger partial charge is 0.368 e. The number of piperazine rings is 1. The summed E-state index contributed by atoms with van der Waals surface area (Å²) >= 11 is 6.04. The van der Waals surface area contributed by atoms with Gasteiger partial charge in [-0.1, -0.05) is 31.5 Å². The second-order valence-electron chi connectivity index (χ2n) is 6.21. The number of hydrogen-bond acceptors (Lipinski definition) is 3. The topological polar surface area (TPSA) is 35.6 Å². The summed E-state index contributed by atoms with van der Waals surface area (Å²) in [6.07, 6.45) is 1.11. The zero-order valence-corrected chi connectivity index (χ0v) is 14.3. The first-order valence-corrected chi connectivity index (χ1v) is 8.43. The van der Waals surface area contributed by atoms with Crippen LogP contribution in [-0.4, -0.2) is 50.1 Å². The average molecular weight is 324 g/mol. The Kier molecular flexibility index (Phi) is 6.52. The van der Waals surface area contributed by atoms with Crippen molar-refractivity contribution in [2.24, 2.45) is 5.92 Å². The summed E-state index contributed by atoms with van der Waals surface area (Å²) in [7, 11) is 0. The van der Waals surface area contributed by atoms with Gasteiger partial charge in [0.15, 0.2) is 0 Å². The molecule has 1 heterocycles. The summed E-state index contributed by atoms with van der Waals surface area (Å²) in [5, 5.41) is 4.00. The molecule has 1 aromatic rings. The van der Waals surface area contributed by atoms with Crippen LogP contribution in [0.4, 0.5) is 5.69 Å². The smallest absolute Gasteiger partial charge is 0.236 e. The van der Waals surface area contributed by atoms with Gasteiger partial charge in [-0.3, -0.25) is 4.79 Å². The van der Waals surface area contributed by atoms with E-state index in [1.54, 1.807) is 0 Å². The molecule has 0 aliphatic carbocycles. The minimum atomic E-state index is 0.203. The SMILES string of the molecule is CC(C)CCNCC(=O)N1CCN(c2cccc(Cl)c2)CC1. The van der Waals surface area contributed by atoms with Crippen molar-refractivity contribution in [3.8, 4) is 0 Å². The van der Waals surface area contributed by atoms with Gasteiger partial charge >= 0.3 is 0 Å². The Balaban J connectivity index is 1.73. The molecule has 1 aliphatic rings. The standard InChI is InChI=1S/C17H26ClN3O/c1-14(2)6-7-19-13-17(22)21-10-8-20(9-11-21)16-5-3-4-15(18)12-16/h3-5,12,14,19H,6-11,13H2,1-2H3. The van der Waals surface area contributed by atoms with Crippen molar-refractivity contribution in [3.63, 3.8) is 0 Å². The van der Waals surface area contributed by atoms with Crippen LogP contribution >= 0.6 is 11.6 Å². The maximum Gasteiger partial charge on any atom is 0.236 e. The minimum absolute atomic E-state index is 0.203. The van der Waals surface area contributed by atoms with Gasteiger partial charge in [-0.2, -0.15) is 0 Å². The number of hydrogen-bond donors (Lipinski definition) is 1. The molecule has 1 saturated heterocycles. The zero-order chi connectivity index (χ0) is 15.9. The van der Waals surface area contributed by atoms with E-state index in [0.29, 0.717) is 12.5 Å². The van der Waals surface area contributed by atoms with Gasteiger partial charge in [0.25, 0.3) is 0 Å². The normalized spacial score (nSPS) is 15.5. The highest BCUT2D eigenvalue weighted by Gasteiger charge is 2.20. The predicted octanol–water partition coefficient (Wildman–Crippen LogP) is 2.62. The molecule has 0 aromatic heterocycles. The number of benzene rings is 1. The number of rotatable bonds is 6. The van der Waals surface area contributed by atoms with Crippen LogP contribution in [0, 0.1) is 5.92 Å². The highest BCUT2D eigenvalue weighted by molar-refractivity contribution is 6.30. The zero-order valence-electron chi connectivity index (χ0n) is 13.5. The molecule has 0 unspecified atom stereocenters. The molecule has 122 valence electrons. The van der Waals surface area contributed by atoms with Crippen LogP contribution in [0.2, 0.25) is 5.02 Å². The van der Waals surface area contributed by atoms with Gasteiger partial charge in [0.05, 0.1) is 6.54 Å². The first kappa shape index (κ1) is 17.1. The van der Waals surface area contributed by atoms with Gasteiger partial charge in [-0.05, 0) is 37.1 Å². The fraction of sp³-hybridized carbons (Fsp3) is 0.588. The van der Waals surface area contributed by atoms with Crippen molar-refractivity contribution in [2.75, 3.05) is 44.2 Å². The number of amides is 1. The molecule has 0 atom stereocenters. The average Bonchev–Trinajstić information content (AvgIpc) is 2.51. The Hall–Kier alpha value is -1.26. The first-order chi connectivity index (χ1) is 10.6. The highest BCUT2D eigenvalue weighted by atomic mass is 35.5. The van der Waals surface area contributed by atoms with Gasteiger partial charge < -0.3 is 15.1 Å². The van der Waals surface area contributed by atoms with Gasteiger partial charge in [0.2, 0.25) is 5.91 Å². The first-order valence-electron chi connectivity index (χ1n) is 8.05. The van der Waals surface area contributed by atoms with E-state index in [0.717, 1.165) is 49.9 Å². The Morgan fingerprint density at radius 1 is 1.27 bits per heavy atom. The molecular formula is C17H26ClN3O. The molecule has 1 fully saturated rings. The van der Waals surface area contributed by atoms with Crippen LogP contribution in [0.3, 0.4) is 0 Å². The Morgan fingerprint density at radius 2 is 2.00 bits per heavy atom. The van der Waals surface area contributed by atoms with Crippen molar-refractivity contribution < 1.29 is 4.79 Å². The maximum atomic E-state index is 12.2. The van der Waals surface area contributed by atoms with Crippen LogP contribution in [0.1, 0.15) is 20.3 Å². The number of carbonyl (C=O) groups is 1. The van der Waals surface area contributed by atoms with E-state index in [-0.39, 0.29) is 5.91 Å². The molecule has 0 radical (unpaired) electrons. The monoisotopic (exact) mass is 323 g/mol. The van der Waals surface area contributed by atoms with Crippen molar-refractivity contribution in [2.45, 2.75) is 20.3 Å². The molecule has 0 bridgehead atoms. The summed E-state index contributed by atoms with van der Waals surface area (Å²) in [4.78, 5) is 16.4. The third-order valence-corrected chi connectivity index (χ3v) is 4.22. The molecule has 1 amide bonds. The molecular weight excluding hydrogens is 298 g/mol. The number of anilines is 1. The summed E-state index contributed by atoms with van der Waals surface area (Å²) in [5.41, 5.74) is 1.13. The van der Waals surface area contributed by atoms with E-state index in [9.17, 15) is 4.79 Å². The fourth-order valence-corrected chi connectivity index (χ4v) is 2.77. The van der Waals surface area contributed by atoms with Crippen LogP contribution in [0.15, 0.2) is 24.3 Å². The van der Waals surface area contributed by atoms with E-state index < -0.39 is 0 Å². The van der Waals surface area contributed by atoms with Gasteiger partial charge in [0, 0.05) is 36.9 Å². The molecule has 4 nitrogen and oxygen atoms in total. The lowest BCUT2D eigenvalue weighted by molar-refractivity contribution is -0.130. The van der Waals surface area contributed by atoms with Crippen LogP contribution < -0.4 is 10.2 Å². The van der Waals surface area contributed by atoms with Crippen molar-refractivity contribution in [1.82, 2.24) is 10.2 Å². The van der Waals surface area contributed by atoms with Crippen LogP contribution in [0.25, 0.3) is 0 Å². The van der Waals surface area contributed by atoms with Gasteiger partial charge in [-0.25, -0.2) is 0 Å². The second-order valence-corrected chi connectivity index (χ2v) is 6.64. The molecule has 1 aliphatic heterocycles. The lowest BCUT2D eigenvalue weighted by Gasteiger charge is -2.36. The Labute approximate surface area is 138 Å². The van der Waals surface area contributed by atoms with Gasteiger partial charge in [-0.15, -0.1) is 0 Å². The number of nitrogens with zero attached hydrogens (tertiary/aromatic N) is 2. The third-order valence-electron chi connectivity index (χ3n) is 3.98. The van der Waals surface area contributed by atoms with E-state index in [2.05, 4.69) is 30.1 Å². The summed E-state index contributed by atoms with van der Waals surface area (Å²) in [6, 6.07) is 7.89. The lowest BCUT2D eigenvalue weighted by atomic mass is 10.1. The predicted molar refractivity (Wildman–Crippen MR) is 92.6 cm³/mol. The highest BCUT2D eigenvalue weighted by Crippen LogP contribution is 2.20. The molecule has 1 aromatic carbocycles. The second kappa shape index (κ2) is 8.39. The van der Waals surface area contributed by atoms with Crippen molar-refractivity contribution >= 4 is 23.2 Å². The quantitative estimate of drug-likeness (QED) is 0.817. The lowest BCUT2D eigenvalue weighted by Crippen LogP contribution is -2.51. The third kappa shape index (κ3) is 5.18. The summed E-state index contributed by atoms with van der Waals surface area (Å²) < 4.78 is 0. The Morgan fingerprint density at radius 3 is 2.64 bits per heavy atom. The minimum Gasteiger partial charge on any atom is -0.368 e. The number of halogens is 1. The van der Waals surface area contributed by atoms with E-state index >= 15 is 0 Å². The summed E-state index contributed by atoms with van der Waals surface area (Å²) in [5.74, 6) is 0.873. The maximum absolute atomic E-state index is 12.2. The molecule has 2 rings (SSSR count). The van der Waals surface area contributed by atoms with Crippen LogP contribution in [0.5, 0.6) is 0 Å². The van der Waals surface area contributed by atoms with Crippen molar-refractivity contribution in [1.29, 1.82) is 0 Å². The molecule has 1 N–H and O–H groups in total. The molecule has 22 heavy (non-hydrogen) atoms. The van der Waals surface area contributed by atoms with E-state index in [1.807, 2.05) is 23.1 Å². The molecule has 0 saturated carbocycles. The molecule has 5 heteroatoms. The van der Waals surface area contributed by atoms with Crippen LogP contribution in [-0.2, 0) is 4.79 Å². The van der Waals surface area contributed by atoms with Gasteiger partial charge in [0.1, 0.15) is 0 Å².